The number of nitrogens with one attached hydrogen (secondary N) is 1. The van der Waals surface area contributed by atoms with Crippen LogP contribution in [0.1, 0.15) is 37.7 Å². The van der Waals surface area contributed by atoms with Crippen LogP contribution in [0.2, 0.25) is 0 Å². The number of aromatic nitrogens is 4. The second-order valence-electron chi connectivity index (χ2n) is 6.76. The van der Waals surface area contributed by atoms with Gasteiger partial charge in [-0.25, -0.2) is 4.79 Å². The van der Waals surface area contributed by atoms with Gasteiger partial charge in [-0.1, -0.05) is 38.1 Å². The molecule has 0 bridgehead atoms. The highest BCUT2D eigenvalue weighted by molar-refractivity contribution is 5.64. The number of carboxylic acids is 1. The first-order valence-corrected chi connectivity index (χ1v) is 7.46. The quantitative estimate of drug-likeness (QED) is 0.785. The maximum absolute atomic E-state index is 10.9. The van der Waals surface area contributed by atoms with E-state index >= 15 is 0 Å². The van der Waals surface area contributed by atoms with E-state index in [1.165, 1.54) is 4.68 Å². The number of H-pyrrole nitrogens is 1. The summed E-state index contributed by atoms with van der Waals surface area (Å²) in [7, 11) is 1.67. The Labute approximate surface area is 135 Å². The first kappa shape index (κ1) is 16.9. The zero-order valence-electron chi connectivity index (χ0n) is 14.0. The van der Waals surface area contributed by atoms with Gasteiger partial charge in [0, 0.05) is 0 Å². The Morgan fingerprint density at radius 2 is 2.13 bits per heavy atom. The third-order valence-electron chi connectivity index (χ3n) is 3.36. The molecule has 0 unspecified atom stereocenters. The molecule has 23 heavy (non-hydrogen) atoms. The van der Waals surface area contributed by atoms with Gasteiger partial charge in [0.1, 0.15) is 10.8 Å². The zero-order chi connectivity index (χ0) is 17.0. The Morgan fingerprint density at radius 3 is 2.74 bits per heavy atom. The van der Waals surface area contributed by atoms with Crippen molar-refractivity contribution in [3.8, 4) is 5.75 Å². The average molecular weight is 319 g/mol. The highest BCUT2D eigenvalue weighted by Crippen LogP contribution is 2.28. The summed E-state index contributed by atoms with van der Waals surface area (Å²) < 4.78 is 6.87. The lowest BCUT2D eigenvalue weighted by atomic mass is 9.87. The first-order chi connectivity index (χ1) is 10.8. The number of carboxylic acid groups (broad SMARTS) is 1. The fourth-order valence-corrected chi connectivity index (χ4v) is 2.47. The molecule has 0 fully saturated rings. The largest absolute Gasteiger partial charge is 0.496 e. The van der Waals surface area contributed by atoms with E-state index in [1.807, 2.05) is 12.1 Å². The summed E-state index contributed by atoms with van der Waals surface area (Å²) in [5, 5.41) is 19.1. The van der Waals surface area contributed by atoms with Gasteiger partial charge < -0.3 is 9.84 Å². The van der Waals surface area contributed by atoms with Crippen LogP contribution in [0.25, 0.3) is 0 Å². The number of benzene rings is 1. The van der Waals surface area contributed by atoms with Gasteiger partial charge in [0.05, 0.1) is 13.5 Å². The number of nitrogens with zero attached hydrogens (tertiary/aromatic N) is 3. The summed E-state index contributed by atoms with van der Waals surface area (Å²) in [5.41, 5.74) is 2.31. The fraction of sp³-hybridized carbons (Fsp3) is 0.500. The van der Waals surface area contributed by atoms with Crippen LogP contribution in [-0.4, -0.2) is 33.7 Å². The number of rotatable bonds is 6. The monoisotopic (exact) mass is 319 g/mol. The van der Waals surface area contributed by atoms with E-state index < -0.39 is 5.97 Å². The molecule has 7 heteroatoms. The molecule has 0 spiro atoms. The minimum atomic E-state index is -0.939. The lowest BCUT2D eigenvalue weighted by Gasteiger charge is -2.20. The van der Waals surface area contributed by atoms with Crippen LogP contribution in [0.4, 0.5) is 0 Å². The predicted molar refractivity (Wildman–Crippen MR) is 83.2 cm³/mol. The van der Waals surface area contributed by atoms with Gasteiger partial charge in [0.2, 0.25) is 0 Å². The summed E-state index contributed by atoms with van der Waals surface area (Å²) in [4.78, 5) is 10.9. The Kier molecular flexibility index (Phi) is 4.98. The third-order valence-corrected chi connectivity index (χ3v) is 3.36. The number of ether oxygens (including phenoxy) is 1. The van der Waals surface area contributed by atoms with Crippen molar-refractivity contribution in [2.24, 2.45) is 5.41 Å². The fourth-order valence-electron chi connectivity index (χ4n) is 2.47. The molecule has 1 heterocycles. The molecule has 0 atom stereocenters. The minimum absolute atomic E-state index is 0.142. The van der Waals surface area contributed by atoms with E-state index in [0.29, 0.717) is 12.2 Å². The van der Waals surface area contributed by atoms with Gasteiger partial charge in [-0.15, -0.1) is 0 Å². The van der Waals surface area contributed by atoms with Crippen molar-refractivity contribution in [1.82, 2.24) is 15.5 Å². The minimum Gasteiger partial charge on any atom is -0.496 e. The van der Waals surface area contributed by atoms with Crippen LogP contribution in [0.5, 0.6) is 5.75 Å². The molecule has 0 amide bonds. The number of hydrogen-bond donors (Lipinski definition) is 2. The number of carbonyl (C=O) groups is 1. The van der Waals surface area contributed by atoms with Gasteiger partial charge in [0.25, 0.3) is 0 Å². The maximum Gasteiger partial charge on any atom is 0.340 e. The second kappa shape index (κ2) is 6.76. The molecule has 1 aromatic carbocycles. The van der Waals surface area contributed by atoms with Crippen LogP contribution in [-0.2, 0) is 24.2 Å². The molecule has 2 N–H and O–H groups in total. The second-order valence-corrected chi connectivity index (χ2v) is 6.76. The Morgan fingerprint density at radius 1 is 1.39 bits per heavy atom. The van der Waals surface area contributed by atoms with Gasteiger partial charge in [-0.3, -0.25) is 0 Å². The molecule has 2 aromatic rings. The molecular weight excluding hydrogens is 296 g/mol. The van der Waals surface area contributed by atoms with Crippen molar-refractivity contribution in [2.75, 3.05) is 7.11 Å². The zero-order valence-corrected chi connectivity index (χ0v) is 14.0. The number of tetrazole rings is 1. The standard InChI is InChI=1S/C16H22N4O3/c1-16(2,3)9-12-7-11(5-6-13(12)23-4)8-14-17-18-19-20(14)10-15(21)22/h5-7H,8-10H2,1-4H3,(H,21,22)/p+1. The van der Waals surface area contributed by atoms with Crippen molar-refractivity contribution in [3.63, 3.8) is 0 Å². The predicted octanol–water partition coefficient (Wildman–Crippen LogP) is 1.36. The molecule has 1 aromatic heterocycles. The van der Waals surface area contributed by atoms with E-state index in [4.69, 9.17) is 9.84 Å². The highest BCUT2D eigenvalue weighted by atomic mass is 16.5. The summed E-state index contributed by atoms with van der Waals surface area (Å²) in [6, 6.07) is 5.99. The molecule has 0 saturated carbocycles. The molecule has 0 aliphatic carbocycles. The Hall–Kier alpha value is -2.44. The SMILES string of the molecule is COc1ccc(Cc2nn[nH][n+]2CC(=O)O)cc1CC(C)(C)C. The molecular formula is C16H23N4O3+. The molecule has 0 saturated heterocycles. The summed E-state index contributed by atoms with van der Waals surface area (Å²) in [6.07, 6.45) is 1.39. The molecule has 0 aliphatic rings. The lowest BCUT2D eigenvalue weighted by molar-refractivity contribution is -0.750. The van der Waals surface area contributed by atoms with E-state index in [0.717, 1.165) is 23.3 Å². The van der Waals surface area contributed by atoms with Crippen molar-refractivity contribution in [2.45, 2.75) is 40.2 Å². The van der Waals surface area contributed by atoms with Crippen LogP contribution in [0, 0.1) is 5.41 Å². The smallest absolute Gasteiger partial charge is 0.340 e. The summed E-state index contributed by atoms with van der Waals surface area (Å²) >= 11 is 0. The van der Waals surface area contributed by atoms with Crippen molar-refractivity contribution in [1.29, 1.82) is 0 Å². The van der Waals surface area contributed by atoms with Gasteiger partial charge in [-0.2, -0.15) is 4.68 Å². The van der Waals surface area contributed by atoms with E-state index in [-0.39, 0.29) is 12.0 Å². The summed E-state index contributed by atoms with van der Waals surface area (Å²) in [6.45, 7) is 6.35. The van der Waals surface area contributed by atoms with Crippen LogP contribution < -0.4 is 9.42 Å². The van der Waals surface area contributed by atoms with Crippen LogP contribution >= 0.6 is 0 Å². The highest BCUT2D eigenvalue weighted by Gasteiger charge is 2.19. The van der Waals surface area contributed by atoms with Crippen molar-refractivity contribution in [3.05, 3.63) is 35.2 Å². The van der Waals surface area contributed by atoms with Gasteiger partial charge in [0.15, 0.2) is 11.8 Å². The normalized spacial score (nSPS) is 11.5. The van der Waals surface area contributed by atoms with Crippen LogP contribution in [0.15, 0.2) is 18.2 Å². The van der Waals surface area contributed by atoms with E-state index in [9.17, 15) is 4.79 Å². The first-order valence-electron chi connectivity index (χ1n) is 7.46. The number of hydrogen-bond acceptors (Lipinski definition) is 4. The van der Waals surface area contributed by atoms with E-state index in [2.05, 4.69) is 42.4 Å². The number of methoxy groups -OCH3 is 1. The van der Waals surface area contributed by atoms with Gasteiger partial charge in [-0.05, 0) is 29.0 Å². The number of aliphatic carboxylic acids is 1. The average Bonchev–Trinajstić information content (AvgIpc) is 2.84. The summed E-state index contributed by atoms with van der Waals surface area (Å²) in [5.74, 6) is 0.506. The molecule has 124 valence electrons. The van der Waals surface area contributed by atoms with Crippen molar-refractivity contribution >= 4 is 5.97 Å². The lowest BCUT2D eigenvalue weighted by Crippen LogP contribution is -2.43. The van der Waals surface area contributed by atoms with Crippen LogP contribution in [0.3, 0.4) is 0 Å². The Balaban J connectivity index is 2.25. The van der Waals surface area contributed by atoms with E-state index in [1.54, 1.807) is 7.11 Å². The van der Waals surface area contributed by atoms with Crippen molar-refractivity contribution < 1.29 is 19.3 Å². The number of aromatic amines is 1. The molecule has 0 aliphatic heterocycles. The third kappa shape index (κ3) is 4.77. The topological polar surface area (TPSA) is 92.0 Å². The molecule has 2 rings (SSSR count). The maximum atomic E-state index is 10.9. The van der Waals surface area contributed by atoms with Gasteiger partial charge >= 0.3 is 11.8 Å². The Bertz CT molecular complexity index is 689. The molecule has 7 nitrogen and oxygen atoms in total. The molecule has 0 radical (unpaired) electrons.